The molecule has 0 fully saturated rings. The van der Waals surface area contributed by atoms with Gasteiger partial charge in [-0.05, 0) is 58.4 Å². The van der Waals surface area contributed by atoms with E-state index in [-0.39, 0.29) is 23.4 Å². The summed E-state index contributed by atoms with van der Waals surface area (Å²) in [5, 5.41) is 0.558. The van der Waals surface area contributed by atoms with Gasteiger partial charge in [-0.1, -0.05) is 53.3 Å². The number of benzene rings is 2. The highest BCUT2D eigenvalue weighted by atomic mass is 35.5. The van der Waals surface area contributed by atoms with Crippen LogP contribution in [-0.2, 0) is 9.59 Å². The van der Waals surface area contributed by atoms with Gasteiger partial charge in [-0.3, -0.25) is 19.0 Å². The van der Waals surface area contributed by atoms with Gasteiger partial charge in [0.05, 0.1) is 28.6 Å². The molecule has 0 saturated heterocycles. The summed E-state index contributed by atoms with van der Waals surface area (Å²) in [5.41, 5.74) is 3.31. The molecule has 38 heavy (non-hydrogen) atoms. The third kappa shape index (κ3) is 4.03. The second kappa shape index (κ2) is 10.0. The third-order valence-corrected chi connectivity index (χ3v) is 8.38. The Balaban J connectivity index is 1.82. The topological polar surface area (TPSA) is 75.0 Å². The van der Waals surface area contributed by atoms with Crippen molar-refractivity contribution in [2.24, 2.45) is 4.99 Å². The van der Waals surface area contributed by atoms with E-state index < -0.39 is 6.04 Å². The molecule has 3 aromatic rings. The number of carbonyl (C=O) groups is 2. The number of rotatable bonds is 5. The monoisotopic (exact) mass is 548 g/mol. The zero-order valence-corrected chi connectivity index (χ0v) is 23.6. The van der Waals surface area contributed by atoms with E-state index in [0.29, 0.717) is 44.3 Å². The smallest absolute Gasteiger partial charge is 0.271 e. The number of aromatic nitrogens is 1. The van der Waals surface area contributed by atoms with Crippen LogP contribution in [0.15, 0.2) is 69.6 Å². The Hall–Kier alpha value is -3.49. The van der Waals surface area contributed by atoms with Crippen LogP contribution in [0, 0.1) is 0 Å². The molecule has 0 N–H and O–H groups in total. The summed E-state index contributed by atoms with van der Waals surface area (Å²) in [6, 6.07) is 13.9. The molecule has 196 valence electrons. The Labute approximate surface area is 230 Å². The van der Waals surface area contributed by atoms with Gasteiger partial charge in [0, 0.05) is 29.7 Å². The van der Waals surface area contributed by atoms with Gasteiger partial charge >= 0.3 is 0 Å². The summed E-state index contributed by atoms with van der Waals surface area (Å²) in [4.78, 5) is 50.3. The summed E-state index contributed by atoms with van der Waals surface area (Å²) < 4.78 is 1.89. The molecule has 2 aromatic carbocycles. The minimum atomic E-state index is -0.695. The van der Waals surface area contributed by atoms with E-state index in [1.807, 2.05) is 64.1 Å². The predicted octanol–water partition coefficient (Wildman–Crippen LogP) is 3.88. The van der Waals surface area contributed by atoms with Crippen LogP contribution >= 0.6 is 22.9 Å². The summed E-state index contributed by atoms with van der Waals surface area (Å²) in [5.74, 6) is -0.368. The maximum Gasteiger partial charge on any atom is 0.271 e. The van der Waals surface area contributed by atoms with Crippen LogP contribution in [-0.4, -0.2) is 40.4 Å². The number of amides is 2. The quantitative estimate of drug-likeness (QED) is 0.485. The minimum absolute atomic E-state index is 0.0767. The van der Waals surface area contributed by atoms with Gasteiger partial charge in [0.25, 0.3) is 17.4 Å². The number of likely N-dealkylation sites (N-methyl/N-ethyl adjacent to an activating group) is 1. The van der Waals surface area contributed by atoms with Crippen molar-refractivity contribution in [3.05, 3.63) is 95.6 Å². The van der Waals surface area contributed by atoms with Gasteiger partial charge in [-0.15, -0.1) is 0 Å². The molecule has 0 radical (unpaired) electrons. The highest BCUT2D eigenvalue weighted by Gasteiger charge is 2.38. The van der Waals surface area contributed by atoms with Crippen molar-refractivity contribution in [1.82, 2.24) is 9.47 Å². The Kier molecular flexibility index (Phi) is 6.88. The van der Waals surface area contributed by atoms with Crippen LogP contribution < -0.4 is 19.8 Å². The molecule has 2 aliphatic heterocycles. The Morgan fingerprint density at radius 3 is 2.37 bits per heavy atom. The van der Waals surface area contributed by atoms with Gasteiger partial charge in [-0.2, -0.15) is 0 Å². The number of thiazole rings is 1. The predicted molar refractivity (Wildman–Crippen MR) is 151 cm³/mol. The number of allylic oxidation sites excluding steroid dienone is 1. The Morgan fingerprint density at radius 2 is 1.74 bits per heavy atom. The van der Waals surface area contributed by atoms with E-state index in [9.17, 15) is 14.4 Å². The number of nitrogens with zero attached hydrogens (tertiary/aromatic N) is 4. The standard InChI is InChI=1S/C29H29ClN4O3S/c1-6-32(7-2)26(35)22-17(5)31-29-34(24(22)18-12-14-19(30)15-13-18)28(37)25(38-29)23-20-10-8-9-11-21(20)33(16(3)4)27(23)36/h8-16,24H,6-7H2,1-5H3/b25-23-/t24-/m0/s1. The molecule has 0 unspecified atom stereocenters. The molecular formula is C29H29ClN4O3S. The molecule has 0 bridgehead atoms. The normalized spacial score (nSPS) is 18.0. The number of fused-ring (bicyclic) bond motifs is 2. The maximum absolute atomic E-state index is 14.2. The van der Waals surface area contributed by atoms with E-state index in [4.69, 9.17) is 16.6 Å². The number of halogens is 1. The Morgan fingerprint density at radius 1 is 1.08 bits per heavy atom. The lowest BCUT2D eigenvalue weighted by molar-refractivity contribution is -0.127. The molecule has 3 heterocycles. The molecule has 2 amide bonds. The average molecular weight is 549 g/mol. The van der Waals surface area contributed by atoms with Gasteiger partial charge in [0.15, 0.2) is 4.80 Å². The molecule has 5 rings (SSSR count). The van der Waals surface area contributed by atoms with E-state index in [2.05, 4.69) is 0 Å². The third-order valence-electron chi connectivity index (χ3n) is 7.07. The summed E-state index contributed by atoms with van der Waals surface area (Å²) in [6.07, 6.45) is 0. The molecule has 0 saturated carbocycles. The van der Waals surface area contributed by atoms with Crippen molar-refractivity contribution >= 4 is 46.0 Å². The van der Waals surface area contributed by atoms with Crippen molar-refractivity contribution in [2.75, 3.05) is 18.0 Å². The van der Waals surface area contributed by atoms with E-state index in [0.717, 1.165) is 16.8 Å². The summed E-state index contributed by atoms with van der Waals surface area (Å²) in [7, 11) is 0. The van der Waals surface area contributed by atoms with E-state index >= 15 is 0 Å². The van der Waals surface area contributed by atoms with Crippen LogP contribution in [0.4, 0.5) is 5.69 Å². The van der Waals surface area contributed by atoms with Gasteiger partial charge in [0.1, 0.15) is 4.53 Å². The first-order valence-electron chi connectivity index (χ1n) is 12.7. The fourth-order valence-electron chi connectivity index (χ4n) is 5.26. The van der Waals surface area contributed by atoms with Gasteiger partial charge in [0.2, 0.25) is 0 Å². The van der Waals surface area contributed by atoms with E-state index in [1.54, 1.807) is 33.4 Å². The SMILES string of the molecule is CCN(CC)C(=O)C1=C(C)N=c2s/c(=C3\C(=O)N(C(C)C)c4ccccc43)c(=O)n2[C@H]1c1ccc(Cl)cc1. The van der Waals surface area contributed by atoms with Gasteiger partial charge < -0.3 is 9.80 Å². The lowest BCUT2D eigenvalue weighted by Gasteiger charge is -2.29. The molecule has 1 atom stereocenters. The van der Waals surface area contributed by atoms with Crippen molar-refractivity contribution in [3.63, 3.8) is 0 Å². The Bertz CT molecular complexity index is 1660. The average Bonchev–Trinajstić information content (AvgIpc) is 3.36. The molecule has 2 aliphatic rings. The van der Waals surface area contributed by atoms with Crippen molar-refractivity contribution in [3.8, 4) is 0 Å². The first kappa shape index (κ1) is 26.1. The number of para-hydroxylation sites is 1. The number of carbonyl (C=O) groups excluding carboxylic acids is 2. The number of anilines is 1. The fourth-order valence-corrected chi connectivity index (χ4v) is 6.52. The summed E-state index contributed by atoms with van der Waals surface area (Å²) in [6.45, 7) is 10.6. The largest absolute Gasteiger partial charge is 0.339 e. The molecule has 7 nitrogen and oxygen atoms in total. The zero-order chi connectivity index (χ0) is 27.3. The summed E-state index contributed by atoms with van der Waals surface area (Å²) >= 11 is 7.37. The highest BCUT2D eigenvalue weighted by Crippen LogP contribution is 2.37. The van der Waals surface area contributed by atoms with Crippen molar-refractivity contribution in [2.45, 2.75) is 46.7 Å². The molecular weight excluding hydrogens is 520 g/mol. The molecule has 9 heteroatoms. The first-order valence-corrected chi connectivity index (χ1v) is 13.9. The number of hydrogen-bond donors (Lipinski definition) is 0. The second-order valence-corrected chi connectivity index (χ2v) is 11.0. The second-order valence-electron chi connectivity index (χ2n) is 9.59. The van der Waals surface area contributed by atoms with E-state index in [1.165, 1.54) is 11.3 Å². The lowest BCUT2D eigenvalue weighted by atomic mass is 9.94. The van der Waals surface area contributed by atoms with Crippen LogP contribution in [0.3, 0.4) is 0 Å². The molecule has 1 aromatic heterocycles. The number of hydrogen-bond acceptors (Lipinski definition) is 5. The van der Waals surface area contributed by atoms with Crippen LogP contribution in [0.25, 0.3) is 5.57 Å². The minimum Gasteiger partial charge on any atom is -0.339 e. The van der Waals surface area contributed by atoms with Crippen LogP contribution in [0.2, 0.25) is 5.02 Å². The van der Waals surface area contributed by atoms with Gasteiger partial charge in [-0.25, -0.2) is 4.99 Å². The van der Waals surface area contributed by atoms with Crippen LogP contribution in [0.1, 0.15) is 51.8 Å². The maximum atomic E-state index is 14.2. The van der Waals surface area contributed by atoms with Crippen molar-refractivity contribution in [1.29, 1.82) is 0 Å². The highest BCUT2D eigenvalue weighted by molar-refractivity contribution is 7.07. The first-order chi connectivity index (χ1) is 18.2. The van der Waals surface area contributed by atoms with Crippen LogP contribution in [0.5, 0.6) is 0 Å². The molecule has 0 spiro atoms. The zero-order valence-electron chi connectivity index (χ0n) is 22.0. The van der Waals surface area contributed by atoms with Crippen molar-refractivity contribution < 1.29 is 9.59 Å². The molecule has 0 aliphatic carbocycles. The lowest BCUT2D eigenvalue weighted by Crippen LogP contribution is -2.43. The fraction of sp³-hybridized carbons (Fsp3) is 0.310.